The van der Waals surface area contributed by atoms with Crippen molar-refractivity contribution in [3.63, 3.8) is 0 Å². The van der Waals surface area contributed by atoms with E-state index in [9.17, 15) is 13.2 Å². The number of aliphatic imine (C=N–C) groups is 2. The van der Waals surface area contributed by atoms with Crippen molar-refractivity contribution >= 4 is 34.6 Å². The van der Waals surface area contributed by atoms with Crippen molar-refractivity contribution in [2.75, 3.05) is 10.2 Å². The van der Waals surface area contributed by atoms with E-state index in [1.54, 1.807) is 6.07 Å². The third-order valence-electron chi connectivity index (χ3n) is 8.01. The zero-order valence-corrected chi connectivity index (χ0v) is 24.3. The highest BCUT2D eigenvalue weighted by Gasteiger charge is 2.41. The molecule has 0 amide bonds. The maximum absolute atomic E-state index is 13.6. The molecule has 1 N–H and O–H groups in total. The minimum atomic E-state index is -4.48. The van der Waals surface area contributed by atoms with E-state index >= 15 is 0 Å². The molecule has 0 radical (unpaired) electrons. The Kier molecular flexibility index (Phi) is 6.61. The summed E-state index contributed by atoms with van der Waals surface area (Å²) in [5.74, 6) is 1.85. The molecule has 44 heavy (non-hydrogen) atoms. The van der Waals surface area contributed by atoms with Gasteiger partial charge in [-0.3, -0.25) is 0 Å². The van der Waals surface area contributed by atoms with Crippen LogP contribution in [-0.2, 0) is 6.18 Å². The Labute approximate surface area is 253 Å². The number of benzene rings is 4. The second-order valence-electron chi connectivity index (χ2n) is 11.3. The maximum Gasteiger partial charge on any atom is 0.416 e. The molecule has 0 fully saturated rings. The number of halogens is 3. The third-order valence-corrected chi connectivity index (χ3v) is 8.01. The summed E-state index contributed by atoms with van der Waals surface area (Å²) in [5, 5.41) is 8.12. The standard InChI is InChI=1S/C35H29F3N6/c1-21(2)23-16-18-24(19-17-23)31-30-22(3)42-44(27-12-5-4-6-13-27)33(30)41-34-32(40-28-14-7-8-15-29(28)43(31)34)39-26-11-9-10-25(20-26)35(36,37)38/h4-21,31H,1-3H3,(H,39,40)/t31-/m1/s1. The molecule has 5 aromatic rings. The summed E-state index contributed by atoms with van der Waals surface area (Å²) in [5.41, 5.74) is 5.93. The van der Waals surface area contributed by atoms with Gasteiger partial charge in [-0.1, -0.05) is 74.5 Å². The second kappa shape index (κ2) is 10.5. The van der Waals surface area contributed by atoms with Crippen LogP contribution in [0, 0.1) is 6.92 Å². The number of aromatic nitrogens is 2. The minimum absolute atomic E-state index is 0.261. The molecule has 3 heterocycles. The Bertz CT molecular complexity index is 1920. The van der Waals surface area contributed by atoms with Crippen LogP contribution in [0.2, 0.25) is 0 Å². The Balaban J connectivity index is 1.46. The summed E-state index contributed by atoms with van der Waals surface area (Å²) >= 11 is 0. The van der Waals surface area contributed by atoms with Crippen molar-refractivity contribution < 1.29 is 13.2 Å². The van der Waals surface area contributed by atoms with Gasteiger partial charge in [-0.15, -0.1) is 0 Å². The molecule has 1 aromatic heterocycles. The minimum Gasteiger partial charge on any atom is -0.337 e. The number of nitrogens with zero attached hydrogens (tertiary/aromatic N) is 5. The molecule has 0 aliphatic carbocycles. The number of anilines is 2. The normalized spacial score (nSPS) is 15.7. The molecule has 2 aliphatic rings. The fraction of sp³-hybridized carbons (Fsp3) is 0.171. The van der Waals surface area contributed by atoms with Gasteiger partial charge in [0.05, 0.1) is 34.4 Å². The fourth-order valence-electron chi connectivity index (χ4n) is 5.84. The highest BCUT2D eigenvalue weighted by atomic mass is 19.4. The largest absolute Gasteiger partial charge is 0.416 e. The lowest BCUT2D eigenvalue weighted by Crippen LogP contribution is -2.46. The third kappa shape index (κ3) is 4.74. The SMILES string of the molecule is Cc1nn(-c2ccccc2)c2c1[C@@H](c1ccc(C(C)C)cc1)N1C(=N2)C(Nc2cccc(C(F)(F)F)c2)=Nc2ccccc21. The molecule has 1 atom stereocenters. The molecule has 0 saturated heterocycles. The molecule has 0 unspecified atom stereocenters. The van der Waals surface area contributed by atoms with E-state index in [0.717, 1.165) is 40.3 Å². The molecular formula is C35H29F3N6. The van der Waals surface area contributed by atoms with Crippen molar-refractivity contribution in [1.29, 1.82) is 0 Å². The van der Waals surface area contributed by atoms with Crippen molar-refractivity contribution in [3.8, 4) is 5.69 Å². The molecular weight excluding hydrogens is 561 g/mol. The first-order valence-corrected chi connectivity index (χ1v) is 14.4. The van der Waals surface area contributed by atoms with E-state index in [1.807, 2.05) is 66.2 Å². The highest BCUT2D eigenvalue weighted by Crippen LogP contribution is 2.48. The Morgan fingerprint density at radius 2 is 1.55 bits per heavy atom. The van der Waals surface area contributed by atoms with E-state index in [-0.39, 0.29) is 11.7 Å². The van der Waals surface area contributed by atoms with E-state index < -0.39 is 11.7 Å². The number of alkyl halides is 3. The van der Waals surface area contributed by atoms with Crippen LogP contribution in [0.15, 0.2) is 113 Å². The number of rotatable bonds is 4. The lowest BCUT2D eigenvalue weighted by Gasteiger charge is -2.40. The van der Waals surface area contributed by atoms with E-state index in [2.05, 4.69) is 48.3 Å². The smallest absolute Gasteiger partial charge is 0.337 e. The van der Waals surface area contributed by atoms with Crippen LogP contribution in [0.5, 0.6) is 0 Å². The van der Waals surface area contributed by atoms with Gasteiger partial charge in [0.2, 0.25) is 0 Å². The van der Waals surface area contributed by atoms with Gasteiger partial charge >= 0.3 is 6.18 Å². The molecule has 6 nitrogen and oxygen atoms in total. The number of amidine groups is 2. The first kappa shape index (κ1) is 27.6. The van der Waals surface area contributed by atoms with Crippen LogP contribution in [0.3, 0.4) is 0 Å². The molecule has 4 aromatic carbocycles. The van der Waals surface area contributed by atoms with Crippen molar-refractivity contribution in [1.82, 2.24) is 9.78 Å². The number of fused-ring (bicyclic) bond motifs is 4. The quantitative estimate of drug-likeness (QED) is 0.227. The molecule has 220 valence electrons. The average molecular weight is 591 g/mol. The maximum atomic E-state index is 13.6. The van der Waals surface area contributed by atoms with Crippen molar-refractivity contribution in [2.24, 2.45) is 9.98 Å². The lowest BCUT2D eigenvalue weighted by atomic mass is 9.91. The predicted molar refractivity (Wildman–Crippen MR) is 169 cm³/mol. The summed E-state index contributed by atoms with van der Waals surface area (Å²) < 4.78 is 42.6. The number of hydrogen-bond acceptors (Lipinski definition) is 5. The summed E-state index contributed by atoms with van der Waals surface area (Å²) in [6.45, 7) is 6.31. The van der Waals surface area contributed by atoms with Gasteiger partial charge in [0.15, 0.2) is 17.5 Å². The van der Waals surface area contributed by atoms with Gasteiger partial charge in [-0.2, -0.15) is 18.3 Å². The fourth-order valence-corrected chi connectivity index (χ4v) is 5.84. The van der Waals surface area contributed by atoms with Crippen molar-refractivity contribution in [3.05, 3.63) is 131 Å². The number of para-hydroxylation sites is 3. The van der Waals surface area contributed by atoms with E-state index in [0.29, 0.717) is 29.1 Å². The monoisotopic (exact) mass is 590 g/mol. The molecule has 0 spiro atoms. The topological polar surface area (TPSA) is 57.8 Å². The first-order valence-electron chi connectivity index (χ1n) is 14.4. The van der Waals surface area contributed by atoms with Crippen molar-refractivity contribution in [2.45, 2.75) is 38.9 Å². The number of aryl methyl sites for hydroxylation is 1. The summed E-state index contributed by atoms with van der Waals surface area (Å²) in [4.78, 5) is 12.2. The summed E-state index contributed by atoms with van der Waals surface area (Å²) in [6.07, 6.45) is -4.48. The van der Waals surface area contributed by atoms with E-state index in [4.69, 9.17) is 15.1 Å². The van der Waals surface area contributed by atoms with E-state index in [1.165, 1.54) is 11.6 Å². The molecule has 0 bridgehead atoms. The van der Waals surface area contributed by atoms with Gasteiger partial charge in [-0.25, -0.2) is 14.7 Å². The van der Waals surface area contributed by atoms with Crippen LogP contribution >= 0.6 is 0 Å². The summed E-state index contributed by atoms with van der Waals surface area (Å²) in [6, 6.07) is 30.9. The van der Waals surface area contributed by atoms with Crippen LogP contribution in [-0.4, -0.2) is 21.5 Å². The van der Waals surface area contributed by atoms with Gasteiger partial charge < -0.3 is 10.2 Å². The predicted octanol–water partition coefficient (Wildman–Crippen LogP) is 9.12. The zero-order chi connectivity index (χ0) is 30.6. The zero-order valence-electron chi connectivity index (χ0n) is 24.3. The van der Waals surface area contributed by atoms with Crippen LogP contribution in [0.4, 0.5) is 36.1 Å². The lowest BCUT2D eigenvalue weighted by molar-refractivity contribution is -0.137. The van der Waals surface area contributed by atoms with Gasteiger partial charge in [0.25, 0.3) is 0 Å². The molecule has 9 heteroatoms. The molecule has 2 aliphatic heterocycles. The van der Waals surface area contributed by atoms with Crippen LogP contribution < -0.4 is 10.2 Å². The number of nitrogens with one attached hydrogen (secondary N) is 1. The Morgan fingerprint density at radius 1 is 0.818 bits per heavy atom. The average Bonchev–Trinajstić information content (AvgIpc) is 3.36. The molecule has 0 saturated carbocycles. The molecule has 7 rings (SSSR count). The van der Waals surface area contributed by atoms with Crippen LogP contribution in [0.1, 0.15) is 53.8 Å². The van der Waals surface area contributed by atoms with Gasteiger partial charge in [-0.05, 0) is 66.4 Å². The Morgan fingerprint density at radius 3 is 2.27 bits per heavy atom. The second-order valence-corrected chi connectivity index (χ2v) is 11.3. The highest BCUT2D eigenvalue weighted by molar-refractivity contribution is 6.51. The van der Waals surface area contributed by atoms with Gasteiger partial charge in [0, 0.05) is 11.3 Å². The van der Waals surface area contributed by atoms with Gasteiger partial charge in [0.1, 0.15) is 0 Å². The number of hydrogen-bond donors (Lipinski definition) is 1. The summed E-state index contributed by atoms with van der Waals surface area (Å²) in [7, 11) is 0. The Hall–Kier alpha value is -5.18. The van der Waals surface area contributed by atoms with Crippen LogP contribution in [0.25, 0.3) is 5.69 Å². The first-order chi connectivity index (χ1) is 21.2.